The predicted molar refractivity (Wildman–Crippen MR) is 177 cm³/mol. The van der Waals surface area contributed by atoms with Crippen LogP contribution in [0.2, 0.25) is 0 Å². The van der Waals surface area contributed by atoms with Crippen molar-refractivity contribution < 1.29 is 23.7 Å². The summed E-state index contributed by atoms with van der Waals surface area (Å²) >= 11 is 0. The normalized spacial score (nSPS) is 26.9. The molecule has 0 bridgehead atoms. The van der Waals surface area contributed by atoms with Crippen LogP contribution in [0.25, 0.3) is 33.1 Å². The van der Waals surface area contributed by atoms with Crippen LogP contribution >= 0.6 is 0 Å². The lowest BCUT2D eigenvalue weighted by molar-refractivity contribution is -0.0123. The molecule has 47 heavy (non-hydrogen) atoms. The van der Waals surface area contributed by atoms with Gasteiger partial charge in [0.1, 0.15) is 28.0 Å². The van der Waals surface area contributed by atoms with Crippen LogP contribution in [0.15, 0.2) is 12.3 Å². The number of aromatic nitrogens is 5. The highest BCUT2D eigenvalue weighted by atomic mass is 19.1. The molecule has 0 amide bonds. The number of halogens is 1. The first-order chi connectivity index (χ1) is 22.7. The van der Waals surface area contributed by atoms with Gasteiger partial charge < -0.3 is 24.2 Å². The van der Waals surface area contributed by atoms with Crippen molar-refractivity contribution in [2.24, 2.45) is 5.41 Å². The molecule has 4 aromatic rings. The summed E-state index contributed by atoms with van der Waals surface area (Å²) in [5.74, 6) is 0.0173. The molecule has 4 aliphatic rings. The van der Waals surface area contributed by atoms with Gasteiger partial charge in [-0.15, -0.1) is 0 Å². The van der Waals surface area contributed by atoms with E-state index in [2.05, 4.69) is 15.1 Å². The molecule has 2 saturated heterocycles. The number of hydrogen-bond acceptors (Lipinski definition) is 10. The molecule has 1 aromatic carbocycles. The second kappa shape index (κ2) is 11.5. The fourth-order valence-electron chi connectivity index (χ4n) is 8.52. The number of nitrogens with zero attached hydrogens (tertiary/aromatic N) is 6. The van der Waals surface area contributed by atoms with E-state index in [1.807, 2.05) is 24.8 Å². The summed E-state index contributed by atoms with van der Waals surface area (Å²) in [4.78, 5) is 19.1. The van der Waals surface area contributed by atoms with Crippen LogP contribution in [-0.2, 0) is 4.74 Å². The number of fused-ring (bicyclic) bond motifs is 3. The summed E-state index contributed by atoms with van der Waals surface area (Å²) in [5, 5.41) is 19.5. The second-order valence-electron chi connectivity index (χ2n) is 14.5. The number of methoxy groups -OCH3 is 1. The first kappa shape index (κ1) is 30.7. The molecule has 12 heteroatoms. The minimum atomic E-state index is -1.15. The standard InChI is InChI=1S/C35H44FN7O4/c1-20-15-24-23(16-37-41-24)26(21(20)2)29-28(36)30-27(32(38-29)45-4)31(42-13-14-46-18-34(3,44)17-42)40-33(39-30)47-19-35-10-5-7-25(35)43(12-6-11-35)22-8-9-22/h15-16,22,25,44H,5-14,17-19H2,1-4H3,(H,37,41). The van der Waals surface area contributed by atoms with E-state index in [1.54, 1.807) is 13.1 Å². The van der Waals surface area contributed by atoms with Gasteiger partial charge in [-0.2, -0.15) is 15.1 Å². The first-order valence-corrected chi connectivity index (χ1v) is 17.0. The van der Waals surface area contributed by atoms with Crippen molar-refractivity contribution in [3.63, 3.8) is 0 Å². The molecular weight excluding hydrogens is 601 g/mol. The fraction of sp³-hybridized carbons (Fsp3) is 0.600. The van der Waals surface area contributed by atoms with Crippen molar-refractivity contribution in [1.82, 2.24) is 30.0 Å². The maximum absolute atomic E-state index is 17.1. The Hall–Kier alpha value is -3.61. The number of H-pyrrole nitrogens is 1. The second-order valence-corrected chi connectivity index (χ2v) is 14.5. The van der Waals surface area contributed by atoms with Gasteiger partial charge in [0.25, 0.3) is 0 Å². The van der Waals surface area contributed by atoms with Crippen LogP contribution in [0.4, 0.5) is 10.2 Å². The van der Waals surface area contributed by atoms with E-state index in [9.17, 15) is 5.11 Å². The van der Waals surface area contributed by atoms with Gasteiger partial charge in [0.15, 0.2) is 5.82 Å². The molecule has 250 valence electrons. The Morgan fingerprint density at radius 1 is 1.13 bits per heavy atom. The number of anilines is 1. The van der Waals surface area contributed by atoms with E-state index in [-0.39, 0.29) is 41.7 Å². The summed E-state index contributed by atoms with van der Waals surface area (Å²) in [6, 6.07) is 3.32. The highest BCUT2D eigenvalue weighted by Gasteiger charge is 2.51. The quantitative estimate of drug-likeness (QED) is 0.281. The van der Waals surface area contributed by atoms with Gasteiger partial charge in [-0.3, -0.25) is 10.00 Å². The molecule has 0 radical (unpaired) electrons. The Balaban J connectivity index is 1.28. The van der Waals surface area contributed by atoms with Gasteiger partial charge in [-0.1, -0.05) is 6.42 Å². The molecule has 11 nitrogen and oxygen atoms in total. The number of benzene rings is 1. The van der Waals surface area contributed by atoms with Crippen molar-refractivity contribution >= 4 is 27.6 Å². The fourth-order valence-corrected chi connectivity index (χ4v) is 8.52. The number of likely N-dealkylation sites (tertiary alicyclic amines) is 1. The van der Waals surface area contributed by atoms with E-state index in [0.29, 0.717) is 48.6 Å². The zero-order valence-electron chi connectivity index (χ0n) is 27.7. The average Bonchev–Trinajstić information content (AvgIpc) is 3.70. The van der Waals surface area contributed by atoms with Crippen molar-refractivity contribution in [2.75, 3.05) is 51.5 Å². The number of ether oxygens (including phenoxy) is 3. The number of β-amino-alcohol motifs (C(OH)–C–C–N with tert-alkyl or cyclic N) is 1. The van der Waals surface area contributed by atoms with E-state index in [0.717, 1.165) is 47.8 Å². The molecule has 2 aliphatic carbocycles. The first-order valence-electron chi connectivity index (χ1n) is 17.0. The third-order valence-electron chi connectivity index (χ3n) is 11.0. The maximum Gasteiger partial charge on any atom is 0.319 e. The van der Waals surface area contributed by atoms with Gasteiger partial charge in [-0.25, -0.2) is 9.37 Å². The highest BCUT2D eigenvalue weighted by Crippen LogP contribution is 2.51. The van der Waals surface area contributed by atoms with Crippen molar-refractivity contribution in [3.8, 4) is 23.1 Å². The van der Waals surface area contributed by atoms with E-state index in [4.69, 9.17) is 29.2 Å². The van der Waals surface area contributed by atoms with Crippen LogP contribution in [0.5, 0.6) is 11.9 Å². The number of pyridine rings is 1. The molecule has 2 N–H and O–H groups in total. The maximum atomic E-state index is 17.1. The molecule has 5 heterocycles. The van der Waals surface area contributed by atoms with Gasteiger partial charge >= 0.3 is 6.01 Å². The summed E-state index contributed by atoms with van der Waals surface area (Å²) < 4.78 is 35.3. The molecule has 8 rings (SSSR count). The molecule has 3 atom stereocenters. The van der Waals surface area contributed by atoms with Crippen molar-refractivity contribution in [2.45, 2.75) is 83.4 Å². The molecule has 2 saturated carbocycles. The smallest absolute Gasteiger partial charge is 0.319 e. The highest BCUT2D eigenvalue weighted by molar-refractivity contribution is 6.01. The topological polar surface area (TPSA) is 122 Å². The summed E-state index contributed by atoms with van der Waals surface area (Å²) in [7, 11) is 1.52. The number of aromatic amines is 1. The number of aliphatic hydroxyl groups is 1. The Morgan fingerprint density at radius 3 is 2.77 bits per heavy atom. The Morgan fingerprint density at radius 2 is 1.96 bits per heavy atom. The van der Waals surface area contributed by atoms with Crippen LogP contribution in [0.1, 0.15) is 63.0 Å². The Labute approximate surface area is 273 Å². The lowest BCUT2D eigenvalue weighted by Gasteiger charge is -2.46. The summed E-state index contributed by atoms with van der Waals surface area (Å²) in [5.41, 5.74) is 2.38. The molecule has 2 aliphatic heterocycles. The van der Waals surface area contributed by atoms with E-state index < -0.39 is 11.4 Å². The number of rotatable bonds is 7. The molecule has 4 fully saturated rings. The number of hydrogen-bond donors (Lipinski definition) is 2. The molecule has 3 unspecified atom stereocenters. The van der Waals surface area contributed by atoms with Gasteiger partial charge in [0.2, 0.25) is 5.88 Å². The largest absolute Gasteiger partial charge is 0.480 e. The van der Waals surface area contributed by atoms with Gasteiger partial charge in [-0.05, 0) is 83.0 Å². The predicted octanol–water partition coefficient (Wildman–Crippen LogP) is 5.10. The number of aryl methyl sites for hydroxylation is 1. The third-order valence-corrected chi connectivity index (χ3v) is 11.0. The average molecular weight is 646 g/mol. The zero-order valence-corrected chi connectivity index (χ0v) is 27.7. The van der Waals surface area contributed by atoms with Crippen LogP contribution in [-0.4, -0.2) is 99.4 Å². The lowest BCUT2D eigenvalue weighted by Crippen LogP contribution is -2.52. The van der Waals surface area contributed by atoms with Crippen molar-refractivity contribution in [1.29, 1.82) is 0 Å². The summed E-state index contributed by atoms with van der Waals surface area (Å²) in [6.45, 7) is 8.52. The van der Waals surface area contributed by atoms with Crippen molar-refractivity contribution in [3.05, 3.63) is 29.2 Å². The zero-order chi connectivity index (χ0) is 32.5. The van der Waals surface area contributed by atoms with E-state index in [1.165, 1.54) is 32.8 Å². The van der Waals surface area contributed by atoms with Crippen LogP contribution in [0.3, 0.4) is 0 Å². The van der Waals surface area contributed by atoms with Gasteiger partial charge in [0.05, 0.1) is 45.2 Å². The number of nitrogens with one attached hydrogen (secondary N) is 1. The van der Waals surface area contributed by atoms with Gasteiger partial charge in [0, 0.05) is 35.0 Å². The van der Waals surface area contributed by atoms with E-state index >= 15 is 4.39 Å². The minimum Gasteiger partial charge on any atom is -0.480 e. The molecular formula is C35H44FN7O4. The SMILES string of the molecule is COc1nc(-c2c(C)c(C)cc3[nH]ncc23)c(F)c2nc(OCC34CCCC3N(C3CC3)CCC4)nc(N3CCOCC(C)(O)C3)c12. The molecule has 3 aromatic heterocycles. The number of piperidine rings is 1. The minimum absolute atomic E-state index is 0.0324. The Kier molecular flexibility index (Phi) is 7.53. The molecule has 0 spiro atoms. The Bertz CT molecular complexity index is 1840. The van der Waals surface area contributed by atoms with Crippen LogP contribution in [0, 0.1) is 25.1 Å². The summed E-state index contributed by atoms with van der Waals surface area (Å²) in [6.07, 6.45) is 10.0. The lowest BCUT2D eigenvalue weighted by atomic mass is 9.75. The van der Waals surface area contributed by atoms with Crippen LogP contribution < -0.4 is 14.4 Å². The third kappa shape index (κ3) is 5.28. The monoisotopic (exact) mass is 645 g/mol.